The van der Waals surface area contributed by atoms with Gasteiger partial charge in [0.1, 0.15) is 0 Å². The Morgan fingerprint density at radius 1 is 0.733 bits per heavy atom. The summed E-state index contributed by atoms with van der Waals surface area (Å²) in [6.07, 6.45) is 18.1. The fourth-order valence-electron chi connectivity index (χ4n) is 7.04. The van der Waals surface area contributed by atoms with Crippen molar-refractivity contribution >= 4 is 5.91 Å². The smallest absolute Gasteiger partial charge is 0.243 e. The van der Waals surface area contributed by atoms with Crippen LogP contribution in [0.15, 0.2) is 24.3 Å². The minimum Gasteiger partial charge on any atom is -0.352 e. The SMILES string of the molecule is CC(C)CNC(=O)C=CC1CC1C1CC1C1CC1C1CC1C1CC1C=CC1CC1C. The zero-order valence-electron chi connectivity index (χ0n) is 19.2. The van der Waals surface area contributed by atoms with Crippen LogP contribution < -0.4 is 5.32 Å². The summed E-state index contributed by atoms with van der Waals surface area (Å²) in [5.74, 6) is 12.6. The molecule has 0 radical (unpaired) electrons. The Morgan fingerprint density at radius 2 is 1.20 bits per heavy atom. The first-order valence-corrected chi connectivity index (χ1v) is 13.1. The Hall–Kier alpha value is -1.05. The third-order valence-electron chi connectivity index (χ3n) is 9.61. The highest BCUT2D eigenvalue weighted by Crippen LogP contribution is 2.72. The van der Waals surface area contributed by atoms with Crippen LogP contribution in [0, 0.1) is 76.9 Å². The van der Waals surface area contributed by atoms with E-state index in [1.807, 2.05) is 6.08 Å². The summed E-state index contributed by atoms with van der Waals surface area (Å²) in [7, 11) is 0. The summed E-state index contributed by atoms with van der Waals surface area (Å²) in [5, 5.41) is 3.00. The number of hydrogen-bond donors (Lipinski definition) is 1. The molecule has 0 aromatic rings. The number of rotatable bonds is 10. The molecular formula is C28H41NO. The summed E-state index contributed by atoms with van der Waals surface area (Å²) >= 11 is 0. The zero-order valence-corrected chi connectivity index (χ0v) is 19.2. The van der Waals surface area contributed by atoms with Gasteiger partial charge in [-0.15, -0.1) is 0 Å². The maximum absolute atomic E-state index is 11.9. The molecule has 6 rings (SSSR count). The molecule has 0 bridgehead atoms. The molecule has 0 aromatic heterocycles. The molecule has 12 unspecified atom stereocenters. The fraction of sp³-hybridized carbons (Fsp3) is 0.821. The van der Waals surface area contributed by atoms with E-state index in [0.717, 1.165) is 71.6 Å². The lowest BCUT2D eigenvalue weighted by Crippen LogP contribution is -2.25. The number of amides is 1. The minimum absolute atomic E-state index is 0.101. The maximum atomic E-state index is 11.9. The minimum atomic E-state index is 0.101. The molecule has 2 nitrogen and oxygen atoms in total. The normalized spacial score (nSPS) is 52.7. The van der Waals surface area contributed by atoms with Gasteiger partial charge in [-0.1, -0.05) is 39.0 Å². The van der Waals surface area contributed by atoms with Crippen molar-refractivity contribution in [2.45, 2.75) is 59.3 Å². The van der Waals surface area contributed by atoms with Gasteiger partial charge in [0.25, 0.3) is 0 Å². The van der Waals surface area contributed by atoms with Crippen LogP contribution in [0.4, 0.5) is 0 Å². The first-order valence-electron chi connectivity index (χ1n) is 13.1. The highest BCUT2D eigenvalue weighted by molar-refractivity contribution is 5.87. The van der Waals surface area contributed by atoms with Gasteiger partial charge in [0.05, 0.1) is 0 Å². The molecular weight excluding hydrogens is 366 g/mol. The quantitative estimate of drug-likeness (QED) is 0.365. The molecule has 30 heavy (non-hydrogen) atoms. The molecule has 6 aliphatic rings. The Bertz CT molecular complexity index is 752. The molecule has 164 valence electrons. The van der Waals surface area contributed by atoms with E-state index in [2.05, 4.69) is 44.3 Å². The van der Waals surface area contributed by atoms with Crippen LogP contribution in [0.1, 0.15) is 59.3 Å². The van der Waals surface area contributed by atoms with Crippen LogP contribution in [0.5, 0.6) is 0 Å². The largest absolute Gasteiger partial charge is 0.352 e. The Labute approximate surface area is 183 Å². The molecule has 12 atom stereocenters. The standard InChI is InChI=1S/C28H41NO/c1-15(2)14-29-28(30)7-6-19-10-21(19)23-12-25(23)27-13-26(27)24-11-22(24)20-9-18(20)5-4-17-8-16(17)3/h4-7,15-27H,8-14H2,1-3H3,(H,29,30). The first-order chi connectivity index (χ1) is 14.5. The molecule has 6 fully saturated rings. The van der Waals surface area contributed by atoms with Crippen LogP contribution >= 0.6 is 0 Å². The van der Waals surface area contributed by atoms with Crippen molar-refractivity contribution in [2.75, 3.05) is 6.54 Å². The van der Waals surface area contributed by atoms with Crippen LogP contribution in [0.25, 0.3) is 0 Å². The van der Waals surface area contributed by atoms with E-state index in [-0.39, 0.29) is 5.91 Å². The monoisotopic (exact) mass is 407 g/mol. The van der Waals surface area contributed by atoms with E-state index in [1.165, 1.54) is 25.7 Å². The molecule has 1 amide bonds. The maximum Gasteiger partial charge on any atom is 0.243 e. The number of nitrogens with one attached hydrogen (secondary N) is 1. The topological polar surface area (TPSA) is 29.1 Å². The van der Waals surface area contributed by atoms with Crippen molar-refractivity contribution in [1.82, 2.24) is 5.32 Å². The summed E-state index contributed by atoms with van der Waals surface area (Å²) in [6, 6.07) is 0. The van der Waals surface area contributed by atoms with Crippen molar-refractivity contribution in [3.63, 3.8) is 0 Å². The number of carbonyl (C=O) groups excluding carboxylic acids is 1. The van der Waals surface area contributed by atoms with E-state index in [4.69, 9.17) is 0 Å². The second-order valence-electron chi connectivity index (χ2n) is 12.6. The lowest BCUT2D eigenvalue weighted by atomic mass is 10.1. The number of carbonyl (C=O) groups is 1. The van der Waals surface area contributed by atoms with Gasteiger partial charge in [0, 0.05) is 6.54 Å². The Kier molecular flexibility index (Phi) is 4.74. The Morgan fingerprint density at radius 3 is 1.70 bits per heavy atom. The second-order valence-corrected chi connectivity index (χ2v) is 12.6. The van der Waals surface area contributed by atoms with Crippen LogP contribution in [-0.4, -0.2) is 12.5 Å². The molecule has 0 spiro atoms. The zero-order chi connectivity index (χ0) is 20.6. The van der Waals surface area contributed by atoms with Crippen molar-refractivity contribution in [1.29, 1.82) is 0 Å². The van der Waals surface area contributed by atoms with Gasteiger partial charge in [-0.3, -0.25) is 4.79 Å². The fourth-order valence-corrected chi connectivity index (χ4v) is 7.04. The third kappa shape index (κ3) is 4.17. The van der Waals surface area contributed by atoms with Crippen LogP contribution in [-0.2, 0) is 4.79 Å². The predicted octanol–water partition coefficient (Wildman–Crippen LogP) is 5.71. The van der Waals surface area contributed by atoms with Crippen molar-refractivity contribution in [3.8, 4) is 0 Å². The van der Waals surface area contributed by atoms with Gasteiger partial charge < -0.3 is 5.32 Å². The molecule has 6 aliphatic carbocycles. The summed E-state index contributed by atoms with van der Waals surface area (Å²) in [5.41, 5.74) is 0. The van der Waals surface area contributed by atoms with E-state index in [1.54, 1.807) is 12.8 Å². The second kappa shape index (κ2) is 7.24. The number of hydrogen-bond acceptors (Lipinski definition) is 1. The van der Waals surface area contributed by atoms with E-state index < -0.39 is 0 Å². The summed E-state index contributed by atoms with van der Waals surface area (Å²) in [4.78, 5) is 11.9. The summed E-state index contributed by atoms with van der Waals surface area (Å²) in [6.45, 7) is 7.45. The molecule has 0 aliphatic heterocycles. The highest BCUT2D eigenvalue weighted by Gasteiger charge is 2.65. The molecule has 0 aromatic carbocycles. The molecule has 1 N–H and O–H groups in total. The van der Waals surface area contributed by atoms with E-state index in [9.17, 15) is 4.79 Å². The third-order valence-corrected chi connectivity index (χ3v) is 9.61. The van der Waals surface area contributed by atoms with Gasteiger partial charge in [0.15, 0.2) is 0 Å². The van der Waals surface area contributed by atoms with Crippen molar-refractivity contribution in [2.24, 2.45) is 76.9 Å². The lowest BCUT2D eigenvalue weighted by Gasteiger charge is -2.04. The first kappa shape index (κ1) is 19.6. The molecule has 0 saturated heterocycles. The Balaban J connectivity index is 0.891. The van der Waals surface area contributed by atoms with Crippen LogP contribution in [0.3, 0.4) is 0 Å². The van der Waals surface area contributed by atoms with Crippen LogP contribution in [0.2, 0.25) is 0 Å². The summed E-state index contributed by atoms with van der Waals surface area (Å²) < 4.78 is 0. The van der Waals surface area contributed by atoms with E-state index in [0.29, 0.717) is 11.8 Å². The van der Waals surface area contributed by atoms with Gasteiger partial charge in [-0.2, -0.15) is 0 Å². The van der Waals surface area contributed by atoms with Gasteiger partial charge in [-0.05, 0) is 122 Å². The average molecular weight is 408 g/mol. The number of allylic oxidation sites excluding steroid dienone is 3. The molecule has 6 saturated carbocycles. The lowest BCUT2D eigenvalue weighted by molar-refractivity contribution is -0.116. The molecule has 0 heterocycles. The van der Waals surface area contributed by atoms with Gasteiger partial charge >= 0.3 is 0 Å². The predicted molar refractivity (Wildman–Crippen MR) is 121 cm³/mol. The van der Waals surface area contributed by atoms with E-state index >= 15 is 0 Å². The molecule has 2 heteroatoms. The van der Waals surface area contributed by atoms with Gasteiger partial charge in [0.2, 0.25) is 5.91 Å². The van der Waals surface area contributed by atoms with Crippen molar-refractivity contribution in [3.05, 3.63) is 24.3 Å². The highest BCUT2D eigenvalue weighted by atomic mass is 16.1. The van der Waals surface area contributed by atoms with Crippen molar-refractivity contribution < 1.29 is 4.79 Å². The van der Waals surface area contributed by atoms with Gasteiger partial charge in [-0.25, -0.2) is 0 Å². The average Bonchev–Trinajstić information content (AvgIpc) is 3.50.